The predicted octanol–water partition coefficient (Wildman–Crippen LogP) is 3.51. The van der Waals surface area contributed by atoms with E-state index < -0.39 is 0 Å². The van der Waals surface area contributed by atoms with Crippen molar-refractivity contribution in [2.75, 3.05) is 6.54 Å². The molecule has 0 unspecified atom stereocenters. The van der Waals surface area contributed by atoms with Gasteiger partial charge in [-0.25, -0.2) is 9.37 Å². The maximum atomic E-state index is 13.1. The molecule has 106 valence electrons. The van der Waals surface area contributed by atoms with Crippen LogP contribution in [0.5, 0.6) is 0 Å². The summed E-state index contributed by atoms with van der Waals surface area (Å²) >= 11 is 1.58. The number of nitrogens with two attached hydrogens (primary N) is 1. The van der Waals surface area contributed by atoms with Crippen molar-refractivity contribution in [1.82, 2.24) is 9.97 Å². The molecule has 0 fully saturated rings. The van der Waals surface area contributed by atoms with Crippen LogP contribution in [0, 0.1) is 5.82 Å². The molecule has 0 aliphatic rings. The molecule has 2 heterocycles. The second-order valence-electron chi connectivity index (χ2n) is 4.55. The van der Waals surface area contributed by atoms with Gasteiger partial charge >= 0.3 is 0 Å². The van der Waals surface area contributed by atoms with Crippen molar-refractivity contribution < 1.29 is 4.39 Å². The van der Waals surface area contributed by atoms with Gasteiger partial charge in [-0.05, 0) is 36.4 Å². The summed E-state index contributed by atoms with van der Waals surface area (Å²) in [5.41, 5.74) is 8.21. The summed E-state index contributed by atoms with van der Waals surface area (Å²) in [6, 6.07) is 12.2. The topological polar surface area (TPSA) is 51.8 Å². The van der Waals surface area contributed by atoms with Gasteiger partial charge in [0.2, 0.25) is 0 Å². The summed E-state index contributed by atoms with van der Waals surface area (Å²) in [5, 5.41) is 0.970. The number of thiazole rings is 1. The molecule has 0 saturated heterocycles. The number of hydrogen-bond donors (Lipinski definition) is 1. The zero-order valence-electron chi connectivity index (χ0n) is 11.3. The quantitative estimate of drug-likeness (QED) is 0.802. The molecule has 5 heteroatoms. The molecule has 0 saturated carbocycles. The number of halogens is 1. The minimum Gasteiger partial charge on any atom is -0.330 e. The Morgan fingerprint density at radius 1 is 1.10 bits per heavy atom. The van der Waals surface area contributed by atoms with Crippen LogP contribution in [0.3, 0.4) is 0 Å². The van der Waals surface area contributed by atoms with E-state index in [-0.39, 0.29) is 5.82 Å². The number of hydrogen-bond acceptors (Lipinski definition) is 4. The van der Waals surface area contributed by atoms with Crippen molar-refractivity contribution in [3.8, 4) is 21.8 Å². The van der Waals surface area contributed by atoms with Gasteiger partial charge in [0, 0.05) is 12.6 Å². The van der Waals surface area contributed by atoms with Crippen LogP contribution in [0.2, 0.25) is 0 Å². The van der Waals surface area contributed by atoms with Gasteiger partial charge in [-0.2, -0.15) is 0 Å². The lowest BCUT2D eigenvalue weighted by molar-refractivity contribution is 0.628. The van der Waals surface area contributed by atoms with E-state index in [9.17, 15) is 4.39 Å². The second-order valence-corrected chi connectivity index (χ2v) is 5.63. The molecule has 3 rings (SSSR count). The molecule has 0 spiro atoms. The standard InChI is InChI=1S/C16H14FN3S/c17-12-6-4-11(5-7-12)16-15(13-3-1-2-10-19-13)20-14(21-16)8-9-18/h1-7,10H,8-9,18H2. The lowest BCUT2D eigenvalue weighted by Gasteiger charge is -2.01. The largest absolute Gasteiger partial charge is 0.330 e. The molecular weight excluding hydrogens is 285 g/mol. The Morgan fingerprint density at radius 2 is 1.90 bits per heavy atom. The minimum atomic E-state index is -0.246. The summed E-state index contributed by atoms with van der Waals surface area (Å²) < 4.78 is 13.1. The summed E-state index contributed by atoms with van der Waals surface area (Å²) in [6.07, 6.45) is 2.47. The Hall–Kier alpha value is -2.11. The van der Waals surface area contributed by atoms with Crippen molar-refractivity contribution >= 4 is 11.3 Å². The molecule has 2 N–H and O–H groups in total. The average molecular weight is 299 g/mol. The Morgan fingerprint density at radius 3 is 2.57 bits per heavy atom. The monoisotopic (exact) mass is 299 g/mol. The van der Waals surface area contributed by atoms with Crippen molar-refractivity contribution in [3.05, 3.63) is 59.5 Å². The van der Waals surface area contributed by atoms with Crippen LogP contribution in [0.4, 0.5) is 4.39 Å². The smallest absolute Gasteiger partial charge is 0.123 e. The number of benzene rings is 1. The summed E-state index contributed by atoms with van der Waals surface area (Å²) in [4.78, 5) is 10.0. The van der Waals surface area contributed by atoms with Gasteiger partial charge in [-0.15, -0.1) is 11.3 Å². The van der Waals surface area contributed by atoms with Gasteiger partial charge in [0.15, 0.2) is 0 Å². The molecule has 3 aromatic rings. The average Bonchev–Trinajstić information content (AvgIpc) is 2.93. The first-order valence-corrected chi connectivity index (χ1v) is 7.46. The molecule has 0 radical (unpaired) electrons. The minimum absolute atomic E-state index is 0.246. The molecule has 0 aliphatic carbocycles. The fraction of sp³-hybridized carbons (Fsp3) is 0.125. The summed E-state index contributed by atoms with van der Waals surface area (Å²) in [6.45, 7) is 0.554. The van der Waals surface area contributed by atoms with Crippen LogP contribution in [0.15, 0.2) is 48.7 Å². The highest BCUT2D eigenvalue weighted by molar-refractivity contribution is 7.15. The van der Waals surface area contributed by atoms with Crippen LogP contribution in [0.25, 0.3) is 21.8 Å². The molecule has 0 aliphatic heterocycles. The van der Waals surface area contributed by atoms with Gasteiger partial charge < -0.3 is 5.73 Å². The predicted molar refractivity (Wildman–Crippen MR) is 83.5 cm³/mol. The SMILES string of the molecule is NCCc1nc(-c2ccccn2)c(-c2ccc(F)cc2)s1. The normalized spacial score (nSPS) is 10.8. The van der Waals surface area contributed by atoms with E-state index >= 15 is 0 Å². The maximum absolute atomic E-state index is 13.1. The molecule has 21 heavy (non-hydrogen) atoms. The number of pyridine rings is 1. The van der Waals surface area contributed by atoms with Crippen molar-refractivity contribution in [2.45, 2.75) is 6.42 Å². The van der Waals surface area contributed by atoms with Crippen molar-refractivity contribution in [2.24, 2.45) is 5.73 Å². The third-order valence-corrected chi connectivity index (χ3v) is 4.21. The first kappa shape index (κ1) is 13.9. The Balaban J connectivity index is 2.11. The fourth-order valence-electron chi connectivity index (χ4n) is 2.07. The zero-order chi connectivity index (χ0) is 14.7. The molecular formula is C16H14FN3S. The van der Waals surface area contributed by atoms with E-state index in [1.54, 1.807) is 29.7 Å². The van der Waals surface area contributed by atoms with Crippen molar-refractivity contribution in [3.63, 3.8) is 0 Å². The highest BCUT2D eigenvalue weighted by atomic mass is 32.1. The van der Waals surface area contributed by atoms with Crippen LogP contribution in [-0.4, -0.2) is 16.5 Å². The van der Waals surface area contributed by atoms with Gasteiger partial charge in [-0.1, -0.05) is 18.2 Å². The highest BCUT2D eigenvalue weighted by Crippen LogP contribution is 2.36. The fourth-order valence-corrected chi connectivity index (χ4v) is 3.16. The molecule has 3 nitrogen and oxygen atoms in total. The number of nitrogens with zero attached hydrogens (tertiary/aromatic N) is 2. The molecule has 0 bridgehead atoms. The number of aromatic nitrogens is 2. The first-order chi connectivity index (χ1) is 10.3. The Bertz CT molecular complexity index is 723. The van der Waals surface area contributed by atoms with E-state index in [4.69, 9.17) is 5.73 Å². The van der Waals surface area contributed by atoms with E-state index in [2.05, 4.69) is 9.97 Å². The van der Waals surface area contributed by atoms with E-state index in [0.29, 0.717) is 6.54 Å². The van der Waals surface area contributed by atoms with Gasteiger partial charge in [0.25, 0.3) is 0 Å². The van der Waals surface area contributed by atoms with Gasteiger partial charge in [-0.3, -0.25) is 4.98 Å². The molecule has 2 aromatic heterocycles. The van der Waals surface area contributed by atoms with E-state index in [1.807, 2.05) is 18.2 Å². The van der Waals surface area contributed by atoms with Crippen molar-refractivity contribution in [1.29, 1.82) is 0 Å². The zero-order valence-corrected chi connectivity index (χ0v) is 12.1. The molecule has 0 amide bonds. The third-order valence-electron chi connectivity index (χ3n) is 3.04. The lowest BCUT2D eigenvalue weighted by atomic mass is 10.1. The van der Waals surface area contributed by atoms with E-state index in [1.165, 1.54) is 12.1 Å². The van der Waals surface area contributed by atoms with Gasteiger partial charge in [0.1, 0.15) is 11.5 Å². The maximum Gasteiger partial charge on any atom is 0.123 e. The third kappa shape index (κ3) is 2.99. The highest BCUT2D eigenvalue weighted by Gasteiger charge is 2.15. The van der Waals surface area contributed by atoms with Crippen LogP contribution < -0.4 is 5.73 Å². The number of rotatable bonds is 4. The Labute approximate surface area is 126 Å². The van der Waals surface area contributed by atoms with E-state index in [0.717, 1.165) is 33.3 Å². The van der Waals surface area contributed by atoms with Crippen LogP contribution >= 0.6 is 11.3 Å². The first-order valence-electron chi connectivity index (χ1n) is 6.65. The molecule has 0 atom stereocenters. The Kier molecular flexibility index (Phi) is 4.03. The summed E-state index contributed by atoms with van der Waals surface area (Å²) in [7, 11) is 0. The van der Waals surface area contributed by atoms with Gasteiger partial charge in [0.05, 0.1) is 15.6 Å². The molecule has 1 aromatic carbocycles. The van der Waals surface area contributed by atoms with Crippen LogP contribution in [-0.2, 0) is 6.42 Å². The summed E-state index contributed by atoms with van der Waals surface area (Å²) in [5.74, 6) is -0.246. The lowest BCUT2D eigenvalue weighted by Crippen LogP contribution is -2.02. The second kappa shape index (κ2) is 6.11. The van der Waals surface area contributed by atoms with Crippen LogP contribution in [0.1, 0.15) is 5.01 Å².